The van der Waals surface area contributed by atoms with E-state index >= 15 is 0 Å². The first-order chi connectivity index (χ1) is 9.35. The van der Waals surface area contributed by atoms with Gasteiger partial charge in [0.15, 0.2) is 0 Å². The Morgan fingerprint density at radius 1 is 1.30 bits per heavy atom. The van der Waals surface area contributed by atoms with Gasteiger partial charge in [-0.2, -0.15) is 0 Å². The van der Waals surface area contributed by atoms with Crippen molar-refractivity contribution in [3.63, 3.8) is 0 Å². The standard InChI is InChI=1S/C17H27ClN2/c1-17(2,3)19-11-14-8-9-16(15(18)10-14)20(4)12-13-6-5-7-13/h8-10,13,19H,5-7,11-12H2,1-4H3. The van der Waals surface area contributed by atoms with E-state index in [2.05, 4.69) is 56.2 Å². The molecule has 0 unspecified atom stereocenters. The van der Waals surface area contributed by atoms with Gasteiger partial charge in [0.05, 0.1) is 10.7 Å². The highest BCUT2D eigenvalue weighted by molar-refractivity contribution is 6.33. The predicted molar refractivity (Wildman–Crippen MR) is 88.7 cm³/mol. The van der Waals surface area contributed by atoms with Crippen molar-refractivity contribution in [3.8, 4) is 0 Å². The Morgan fingerprint density at radius 2 is 2.00 bits per heavy atom. The number of hydrogen-bond acceptors (Lipinski definition) is 2. The lowest BCUT2D eigenvalue weighted by molar-refractivity contribution is 0.321. The van der Waals surface area contributed by atoms with Crippen molar-refractivity contribution in [2.45, 2.75) is 52.1 Å². The first kappa shape index (κ1) is 15.7. The van der Waals surface area contributed by atoms with Gasteiger partial charge in [-0.15, -0.1) is 0 Å². The minimum atomic E-state index is 0.131. The molecule has 3 heteroatoms. The molecule has 20 heavy (non-hydrogen) atoms. The number of hydrogen-bond donors (Lipinski definition) is 1. The van der Waals surface area contributed by atoms with Crippen LogP contribution >= 0.6 is 11.6 Å². The SMILES string of the molecule is CN(CC1CCC1)c1ccc(CNC(C)(C)C)cc1Cl. The molecule has 0 heterocycles. The quantitative estimate of drug-likeness (QED) is 0.862. The van der Waals surface area contributed by atoms with Gasteiger partial charge in [-0.05, 0) is 57.2 Å². The number of nitrogens with zero attached hydrogens (tertiary/aromatic N) is 1. The maximum Gasteiger partial charge on any atom is 0.0642 e. The number of benzene rings is 1. The number of anilines is 1. The Labute approximate surface area is 128 Å². The zero-order valence-corrected chi connectivity index (χ0v) is 13.9. The van der Waals surface area contributed by atoms with Crippen molar-refractivity contribution in [1.82, 2.24) is 5.32 Å². The van der Waals surface area contributed by atoms with Gasteiger partial charge in [0.2, 0.25) is 0 Å². The van der Waals surface area contributed by atoms with Crippen LogP contribution in [0.4, 0.5) is 5.69 Å². The largest absolute Gasteiger partial charge is 0.373 e. The van der Waals surface area contributed by atoms with Crippen molar-refractivity contribution in [2.24, 2.45) is 5.92 Å². The molecule has 1 fully saturated rings. The second kappa shape index (κ2) is 6.36. The fourth-order valence-corrected chi connectivity index (χ4v) is 2.85. The highest BCUT2D eigenvalue weighted by atomic mass is 35.5. The molecule has 0 amide bonds. The third kappa shape index (κ3) is 4.39. The molecule has 1 aromatic rings. The van der Waals surface area contributed by atoms with E-state index in [1.807, 2.05) is 0 Å². The van der Waals surface area contributed by atoms with Crippen molar-refractivity contribution in [3.05, 3.63) is 28.8 Å². The monoisotopic (exact) mass is 294 g/mol. The van der Waals surface area contributed by atoms with E-state index in [0.29, 0.717) is 0 Å². The molecule has 1 aromatic carbocycles. The summed E-state index contributed by atoms with van der Waals surface area (Å²) in [4.78, 5) is 2.30. The van der Waals surface area contributed by atoms with E-state index in [9.17, 15) is 0 Å². The van der Waals surface area contributed by atoms with Crippen LogP contribution in [0.15, 0.2) is 18.2 Å². The maximum absolute atomic E-state index is 6.45. The maximum atomic E-state index is 6.45. The van der Waals surface area contributed by atoms with Gasteiger partial charge in [-0.25, -0.2) is 0 Å². The van der Waals surface area contributed by atoms with Crippen LogP contribution in [0, 0.1) is 5.92 Å². The molecule has 0 saturated heterocycles. The molecule has 1 aliphatic rings. The molecule has 2 nitrogen and oxygen atoms in total. The second-order valence-electron chi connectivity index (χ2n) is 7.07. The highest BCUT2D eigenvalue weighted by Gasteiger charge is 2.20. The molecule has 1 saturated carbocycles. The van der Waals surface area contributed by atoms with Crippen molar-refractivity contribution in [2.75, 3.05) is 18.5 Å². The number of nitrogens with one attached hydrogen (secondary N) is 1. The first-order valence-electron chi connectivity index (χ1n) is 7.60. The Kier molecular flexibility index (Phi) is 4.98. The zero-order chi connectivity index (χ0) is 14.8. The predicted octanol–water partition coefficient (Wildman–Crippen LogP) is 4.46. The summed E-state index contributed by atoms with van der Waals surface area (Å²) in [6.07, 6.45) is 4.13. The summed E-state index contributed by atoms with van der Waals surface area (Å²) in [6, 6.07) is 6.42. The third-order valence-electron chi connectivity index (χ3n) is 4.00. The lowest BCUT2D eigenvalue weighted by atomic mass is 9.85. The Bertz CT molecular complexity index is 447. The number of halogens is 1. The molecule has 0 bridgehead atoms. The van der Waals surface area contributed by atoms with Crippen LogP contribution in [0.25, 0.3) is 0 Å². The zero-order valence-electron chi connectivity index (χ0n) is 13.2. The van der Waals surface area contributed by atoms with Crippen molar-refractivity contribution < 1.29 is 0 Å². The first-order valence-corrected chi connectivity index (χ1v) is 7.97. The van der Waals surface area contributed by atoms with E-state index in [1.165, 1.54) is 24.8 Å². The van der Waals surface area contributed by atoms with Crippen LogP contribution in [0.2, 0.25) is 5.02 Å². The van der Waals surface area contributed by atoms with Crippen LogP contribution < -0.4 is 10.2 Å². The van der Waals surface area contributed by atoms with Crippen LogP contribution in [-0.4, -0.2) is 19.1 Å². The molecule has 0 aromatic heterocycles. The molecule has 1 N–H and O–H groups in total. The third-order valence-corrected chi connectivity index (χ3v) is 4.31. The number of rotatable bonds is 5. The van der Waals surface area contributed by atoms with Crippen LogP contribution in [0.5, 0.6) is 0 Å². The van der Waals surface area contributed by atoms with E-state index < -0.39 is 0 Å². The lowest BCUT2D eigenvalue weighted by Gasteiger charge is -2.31. The summed E-state index contributed by atoms with van der Waals surface area (Å²) in [7, 11) is 2.15. The van der Waals surface area contributed by atoms with Gasteiger partial charge in [-0.3, -0.25) is 0 Å². The van der Waals surface area contributed by atoms with E-state index in [4.69, 9.17) is 11.6 Å². The summed E-state index contributed by atoms with van der Waals surface area (Å²) in [6.45, 7) is 8.51. The fraction of sp³-hybridized carbons (Fsp3) is 0.647. The molecule has 0 radical (unpaired) electrons. The van der Waals surface area contributed by atoms with Gasteiger partial charge in [0.1, 0.15) is 0 Å². The van der Waals surface area contributed by atoms with E-state index in [0.717, 1.165) is 29.7 Å². The van der Waals surface area contributed by atoms with Gasteiger partial charge in [-0.1, -0.05) is 24.1 Å². The molecule has 0 aliphatic heterocycles. The average Bonchev–Trinajstić information content (AvgIpc) is 2.30. The Balaban J connectivity index is 1.97. The summed E-state index contributed by atoms with van der Waals surface area (Å²) < 4.78 is 0. The topological polar surface area (TPSA) is 15.3 Å². The minimum Gasteiger partial charge on any atom is -0.373 e. The van der Waals surface area contributed by atoms with Gasteiger partial charge >= 0.3 is 0 Å². The fourth-order valence-electron chi connectivity index (χ4n) is 2.50. The normalized spacial score (nSPS) is 16.1. The summed E-state index contributed by atoms with van der Waals surface area (Å²) in [5, 5.41) is 4.35. The van der Waals surface area contributed by atoms with Gasteiger partial charge < -0.3 is 10.2 Å². The highest BCUT2D eigenvalue weighted by Crippen LogP contribution is 2.31. The Hall–Kier alpha value is -0.730. The van der Waals surface area contributed by atoms with E-state index in [-0.39, 0.29) is 5.54 Å². The molecule has 1 aliphatic carbocycles. The second-order valence-corrected chi connectivity index (χ2v) is 7.47. The molecule has 0 spiro atoms. The molecule has 0 atom stereocenters. The summed E-state index contributed by atoms with van der Waals surface area (Å²) in [5.41, 5.74) is 2.52. The molecule has 2 rings (SSSR count). The van der Waals surface area contributed by atoms with Gasteiger partial charge in [0, 0.05) is 25.7 Å². The summed E-state index contributed by atoms with van der Waals surface area (Å²) >= 11 is 6.45. The van der Waals surface area contributed by atoms with Crippen LogP contribution in [0.1, 0.15) is 45.6 Å². The molecular weight excluding hydrogens is 268 g/mol. The minimum absolute atomic E-state index is 0.131. The van der Waals surface area contributed by atoms with Crippen molar-refractivity contribution >= 4 is 17.3 Å². The Morgan fingerprint density at radius 3 is 2.50 bits per heavy atom. The molecular formula is C17H27ClN2. The smallest absolute Gasteiger partial charge is 0.0642 e. The van der Waals surface area contributed by atoms with Crippen LogP contribution in [0.3, 0.4) is 0 Å². The molecule has 112 valence electrons. The van der Waals surface area contributed by atoms with Gasteiger partial charge in [0.25, 0.3) is 0 Å². The van der Waals surface area contributed by atoms with E-state index in [1.54, 1.807) is 0 Å². The average molecular weight is 295 g/mol. The summed E-state index contributed by atoms with van der Waals surface area (Å²) in [5.74, 6) is 0.860. The van der Waals surface area contributed by atoms with Crippen molar-refractivity contribution in [1.29, 1.82) is 0 Å². The van der Waals surface area contributed by atoms with Crippen LogP contribution in [-0.2, 0) is 6.54 Å². The lowest BCUT2D eigenvalue weighted by Crippen LogP contribution is -2.35.